The molecule has 0 heterocycles. The quantitative estimate of drug-likeness (QED) is 0.225. The van der Waals surface area contributed by atoms with Crippen LogP contribution in [0.4, 0.5) is 5.69 Å². The molecule has 4 fully saturated rings. The number of nitrogens with two attached hydrogens (primary N) is 1. The number of aromatic carboxylic acids is 1. The topological polar surface area (TPSA) is 130 Å². The fourth-order valence-electron chi connectivity index (χ4n) is 9.70. The van der Waals surface area contributed by atoms with E-state index < -0.39 is 11.9 Å². The second-order valence-electron chi connectivity index (χ2n) is 13.5. The molecule has 0 radical (unpaired) electrons. The highest BCUT2D eigenvalue weighted by molar-refractivity contribution is 5.93. The van der Waals surface area contributed by atoms with Crippen LogP contribution >= 0.6 is 0 Å². The molecule has 7 heteroatoms. The van der Waals surface area contributed by atoms with Crippen LogP contribution in [0, 0.1) is 46.3 Å². The van der Waals surface area contributed by atoms with Crippen LogP contribution in [-0.4, -0.2) is 39.5 Å². The van der Waals surface area contributed by atoms with E-state index >= 15 is 0 Å². The highest BCUT2D eigenvalue weighted by atomic mass is 16.5. The number of aliphatic hydroxyl groups is 2. The van der Waals surface area contributed by atoms with Gasteiger partial charge in [-0.25, -0.2) is 4.79 Å². The van der Waals surface area contributed by atoms with Gasteiger partial charge in [0.1, 0.15) is 11.3 Å². The summed E-state index contributed by atoms with van der Waals surface area (Å²) in [5, 5.41) is 31.2. The van der Waals surface area contributed by atoms with Gasteiger partial charge in [-0.05, 0) is 122 Å². The van der Waals surface area contributed by atoms with Gasteiger partial charge in [0.15, 0.2) is 0 Å². The molecule has 1 aromatic rings. The van der Waals surface area contributed by atoms with E-state index in [0.717, 1.165) is 51.4 Å². The van der Waals surface area contributed by atoms with Gasteiger partial charge in [0.05, 0.1) is 12.2 Å². The van der Waals surface area contributed by atoms with E-state index in [1.54, 1.807) is 0 Å². The fourth-order valence-corrected chi connectivity index (χ4v) is 9.70. The SMILES string of the molecule is C[C@H](CCC(=O)Oc1ccc(N)cc1C(=O)O)[C@H]1CCC2C3C(CC[C@@]21C)[C@@]1(C)CC[C@@H](O)CC1C[C@H]3O. The molecule has 0 saturated heterocycles. The van der Waals surface area contributed by atoms with E-state index in [9.17, 15) is 24.9 Å². The van der Waals surface area contributed by atoms with Crippen LogP contribution in [0.3, 0.4) is 0 Å². The number of nitrogen functional groups attached to an aromatic ring is 1. The Balaban J connectivity index is 1.24. The molecule has 4 unspecified atom stereocenters. The summed E-state index contributed by atoms with van der Waals surface area (Å²) in [7, 11) is 0. The van der Waals surface area contributed by atoms with Gasteiger partial charge < -0.3 is 25.8 Å². The zero-order valence-corrected chi connectivity index (χ0v) is 23.1. The van der Waals surface area contributed by atoms with Gasteiger partial charge in [0.2, 0.25) is 0 Å². The number of fused-ring (bicyclic) bond motifs is 5. The number of carbonyl (C=O) groups excluding carboxylic acids is 1. The Morgan fingerprint density at radius 3 is 2.50 bits per heavy atom. The Morgan fingerprint density at radius 1 is 1.05 bits per heavy atom. The summed E-state index contributed by atoms with van der Waals surface area (Å²) >= 11 is 0. The summed E-state index contributed by atoms with van der Waals surface area (Å²) < 4.78 is 5.43. The maximum Gasteiger partial charge on any atom is 0.339 e. The summed E-state index contributed by atoms with van der Waals surface area (Å²) in [6.07, 6.45) is 8.56. The summed E-state index contributed by atoms with van der Waals surface area (Å²) in [4.78, 5) is 24.2. The number of carboxylic acids is 1. The molecule has 38 heavy (non-hydrogen) atoms. The van der Waals surface area contributed by atoms with Gasteiger partial charge in [0.25, 0.3) is 0 Å². The average Bonchev–Trinajstić information content (AvgIpc) is 3.22. The molecule has 0 bridgehead atoms. The predicted molar refractivity (Wildman–Crippen MR) is 144 cm³/mol. The van der Waals surface area contributed by atoms with Crippen LogP contribution in [0.1, 0.15) is 95.3 Å². The Morgan fingerprint density at radius 2 is 1.76 bits per heavy atom. The lowest BCUT2D eigenvalue weighted by Gasteiger charge is -2.62. The third kappa shape index (κ3) is 4.64. The first-order valence-electron chi connectivity index (χ1n) is 14.6. The number of hydrogen-bond acceptors (Lipinski definition) is 6. The molecule has 0 aromatic heterocycles. The lowest BCUT2D eigenvalue weighted by molar-refractivity contribution is -0.174. The Hall–Kier alpha value is -2.12. The molecule has 1 aromatic carbocycles. The van der Waals surface area contributed by atoms with Crippen molar-refractivity contribution in [1.82, 2.24) is 0 Å². The first kappa shape index (κ1) is 27.4. The molecule has 210 valence electrons. The summed E-state index contributed by atoms with van der Waals surface area (Å²) in [5.41, 5.74) is 6.26. The zero-order valence-electron chi connectivity index (χ0n) is 23.1. The van der Waals surface area contributed by atoms with E-state index in [4.69, 9.17) is 10.5 Å². The summed E-state index contributed by atoms with van der Waals surface area (Å²) in [6.45, 7) is 7.10. The number of carboxylic acid groups (broad SMARTS) is 1. The van der Waals surface area contributed by atoms with Crippen LogP contribution in [0.2, 0.25) is 0 Å². The maximum atomic E-state index is 12.7. The van der Waals surface area contributed by atoms with Crippen LogP contribution in [0.15, 0.2) is 18.2 Å². The summed E-state index contributed by atoms with van der Waals surface area (Å²) in [6, 6.07) is 4.28. The van der Waals surface area contributed by atoms with Gasteiger partial charge in [0, 0.05) is 12.1 Å². The fraction of sp³-hybridized carbons (Fsp3) is 0.742. The van der Waals surface area contributed by atoms with Crippen molar-refractivity contribution in [1.29, 1.82) is 0 Å². The monoisotopic (exact) mass is 527 g/mol. The highest BCUT2D eigenvalue weighted by Gasteiger charge is 2.62. The molecule has 0 amide bonds. The number of carbonyl (C=O) groups is 2. The zero-order chi connectivity index (χ0) is 27.4. The van der Waals surface area contributed by atoms with Crippen LogP contribution in [-0.2, 0) is 4.79 Å². The second-order valence-corrected chi connectivity index (χ2v) is 13.5. The van der Waals surface area contributed by atoms with E-state index in [1.165, 1.54) is 18.2 Å². The molecule has 5 N–H and O–H groups in total. The first-order chi connectivity index (χ1) is 17.9. The minimum atomic E-state index is -1.18. The van der Waals surface area contributed by atoms with Gasteiger partial charge in [-0.1, -0.05) is 20.8 Å². The third-order valence-electron chi connectivity index (χ3n) is 11.7. The Kier molecular flexibility index (Phi) is 7.31. The molecule has 4 aliphatic carbocycles. The maximum absolute atomic E-state index is 12.7. The van der Waals surface area contributed by atoms with Crippen LogP contribution < -0.4 is 10.5 Å². The van der Waals surface area contributed by atoms with Crippen LogP contribution in [0.25, 0.3) is 0 Å². The summed E-state index contributed by atoms with van der Waals surface area (Å²) in [5.74, 6) is 0.999. The van der Waals surface area contributed by atoms with E-state index in [-0.39, 0.29) is 40.8 Å². The predicted octanol–water partition coefficient (Wildman–Crippen LogP) is 5.28. The largest absolute Gasteiger partial charge is 0.478 e. The molecular formula is C31H45NO6. The number of anilines is 1. The first-order valence-corrected chi connectivity index (χ1v) is 14.6. The number of benzene rings is 1. The van der Waals surface area contributed by atoms with Gasteiger partial charge >= 0.3 is 11.9 Å². The smallest absolute Gasteiger partial charge is 0.339 e. The minimum absolute atomic E-state index is 0.0314. The average molecular weight is 528 g/mol. The van der Waals surface area contributed by atoms with Gasteiger partial charge in [-0.15, -0.1) is 0 Å². The molecule has 0 aliphatic heterocycles. The molecule has 10 atom stereocenters. The van der Waals surface area contributed by atoms with Crippen molar-refractivity contribution in [3.05, 3.63) is 23.8 Å². The van der Waals surface area contributed by atoms with Gasteiger partial charge in [-0.3, -0.25) is 4.79 Å². The lowest BCUT2D eigenvalue weighted by Crippen LogP contribution is -2.58. The molecule has 0 spiro atoms. The van der Waals surface area contributed by atoms with Crippen molar-refractivity contribution in [2.45, 2.75) is 97.2 Å². The molecular weight excluding hydrogens is 482 g/mol. The Bertz CT molecular complexity index is 1070. The number of ether oxygens (including phenoxy) is 1. The van der Waals surface area contributed by atoms with E-state index in [1.807, 2.05) is 0 Å². The van der Waals surface area contributed by atoms with Crippen LogP contribution in [0.5, 0.6) is 5.75 Å². The van der Waals surface area contributed by atoms with Crippen molar-refractivity contribution in [3.8, 4) is 5.75 Å². The number of aliphatic hydroxyl groups excluding tert-OH is 2. The standard InChI is InChI=1S/C31H45NO6/c1-17(4-9-27(35)38-26-8-5-19(32)16-21(26)29(36)37)22-6-7-23-28-24(11-13-31(22,23)3)30(2)12-10-20(33)14-18(30)15-25(28)34/h5,8,16-18,20,22-25,28,33-34H,4,6-7,9-15,32H2,1-3H3,(H,36,37)/t17-,18?,20-,22-,23?,24?,25-,28?,30+,31-/m1/s1. The molecule has 5 rings (SSSR count). The lowest BCUT2D eigenvalue weighted by atomic mass is 9.43. The van der Waals surface area contributed by atoms with E-state index in [2.05, 4.69) is 20.8 Å². The van der Waals surface area contributed by atoms with E-state index in [0.29, 0.717) is 47.6 Å². The molecule has 4 aliphatic rings. The minimum Gasteiger partial charge on any atom is -0.478 e. The van der Waals surface area contributed by atoms with Crippen molar-refractivity contribution >= 4 is 17.6 Å². The third-order valence-corrected chi connectivity index (χ3v) is 11.7. The highest BCUT2D eigenvalue weighted by Crippen LogP contribution is 2.68. The number of rotatable bonds is 6. The normalized spacial score (nSPS) is 40.9. The number of esters is 1. The van der Waals surface area contributed by atoms with Crippen molar-refractivity contribution in [2.24, 2.45) is 46.3 Å². The van der Waals surface area contributed by atoms with Crippen molar-refractivity contribution in [2.75, 3.05) is 5.73 Å². The number of hydrogen-bond donors (Lipinski definition) is 4. The van der Waals surface area contributed by atoms with Gasteiger partial charge in [-0.2, -0.15) is 0 Å². The Labute approximate surface area is 226 Å². The van der Waals surface area contributed by atoms with Crippen molar-refractivity contribution in [3.63, 3.8) is 0 Å². The second kappa shape index (κ2) is 10.1. The molecule has 7 nitrogen and oxygen atoms in total. The van der Waals surface area contributed by atoms with Crippen molar-refractivity contribution < 1.29 is 29.6 Å². The molecule has 4 saturated carbocycles.